The number of aromatic nitrogens is 1. The SMILES string of the molecule is CNCc1ccc(Br)c(C)n1. The molecule has 1 aromatic rings. The minimum absolute atomic E-state index is 0.828. The van der Waals surface area contributed by atoms with E-state index < -0.39 is 0 Å². The Labute approximate surface area is 75.2 Å². The summed E-state index contributed by atoms with van der Waals surface area (Å²) in [7, 11) is 1.92. The van der Waals surface area contributed by atoms with Crippen LogP contribution in [-0.2, 0) is 6.54 Å². The molecule has 0 aliphatic carbocycles. The van der Waals surface area contributed by atoms with Gasteiger partial charge in [-0.2, -0.15) is 0 Å². The first-order valence-electron chi connectivity index (χ1n) is 3.50. The van der Waals surface area contributed by atoms with Crippen molar-refractivity contribution in [1.29, 1.82) is 0 Å². The van der Waals surface area contributed by atoms with Gasteiger partial charge in [-0.1, -0.05) is 0 Å². The lowest BCUT2D eigenvalue weighted by Gasteiger charge is -2.01. The molecule has 0 amide bonds. The average Bonchev–Trinajstić information content (AvgIpc) is 1.98. The molecule has 0 aliphatic heterocycles. The predicted molar refractivity (Wildman–Crippen MR) is 49.4 cm³/mol. The number of hydrogen-bond donors (Lipinski definition) is 1. The first-order chi connectivity index (χ1) is 5.24. The fourth-order valence-electron chi connectivity index (χ4n) is 0.876. The minimum atomic E-state index is 0.828. The van der Waals surface area contributed by atoms with Crippen LogP contribution in [-0.4, -0.2) is 12.0 Å². The molecule has 11 heavy (non-hydrogen) atoms. The molecule has 0 bridgehead atoms. The van der Waals surface area contributed by atoms with Crippen LogP contribution in [0.5, 0.6) is 0 Å². The largest absolute Gasteiger partial charge is 0.314 e. The fraction of sp³-hybridized carbons (Fsp3) is 0.375. The Morgan fingerprint density at radius 2 is 2.27 bits per heavy atom. The Bertz CT molecular complexity index is 248. The number of nitrogens with one attached hydrogen (secondary N) is 1. The second kappa shape index (κ2) is 3.83. The fourth-order valence-corrected chi connectivity index (χ4v) is 1.10. The maximum absolute atomic E-state index is 4.35. The van der Waals surface area contributed by atoms with Gasteiger partial charge in [-0.15, -0.1) is 0 Å². The third-order valence-corrected chi connectivity index (χ3v) is 2.28. The maximum atomic E-state index is 4.35. The number of pyridine rings is 1. The zero-order valence-electron chi connectivity index (χ0n) is 6.69. The lowest BCUT2D eigenvalue weighted by molar-refractivity contribution is 0.786. The molecular weight excluding hydrogens is 204 g/mol. The van der Waals surface area contributed by atoms with Crippen molar-refractivity contribution in [1.82, 2.24) is 10.3 Å². The van der Waals surface area contributed by atoms with E-state index in [2.05, 4.69) is 26.2 Å². The molecule has 1 heterocycles. The van der Waals surface area contributed by atoms with E-state index in [1.54, 1.807) is 0 Å². The molecule has 0 fully saturated rings. The second-order valence-corrected chi connectivity index (χ2v) is 3.25. The van der Waals surface area contributed by atoms with Crippen molar-refractivity contribution in [2.45, 2.75) is 13.5 Å². The van der Waals surface area contributed by atoms with Crippen LogP contribution in [0.3, 0.4) is 0 Å². The molecule has 1 aromatic heterocycles. The van der Waals surface area contributed by atoms with Crippen LogP contribution in [0, 0.1) is 6.92 Å². The standard InChI is InChI=1S/C8H11BrN2/c1-6-8(9)4-3-7(11-6)5-10-2/h3-4,10H,5H2,1-2H3. The Balaban J connectivity index is 2.86. The smallest absolute Gasteiger partial charge is 0.0545 e. The molecule has 0 saturated carbocycles. The quantitative estimate of drug-likeness (QED) is 0.814. The lowest BCUT2D eigenvalue weighted by Crippen LogP contribution is -2.07. The summed E-state index contributed by atoms with van der Waals surface area (Å²) in [6.07, 6.45) is 0. The van der Waals surface area contributed by atoms with E-state index in [4.69, 9.17) is 0 Å². The molecule has 60 valence electrons. The van der Waals surface area contributed by atoms with Gasteiger partial charge in [-0.05, 0) is 42.0 Å². The van der Waals surface area contributed by atoms with Crippen LogP contribution >= 0.6 is 15.9 Å². The van der Waals surface area contributed by atoms with Crippen molar-refractivity contribution < 1.29 is 0 Å². The van der Waals surface area contributed by atoms with E-state index in [-0.39, 0.29) is 0 Å². The molecule has 0 radical (unpaired) electrons. The summed E-state index contributed by atoms with van der Waals surface area (Å²) in [5.41, 5.74) is 2.12. The van der Waals surface area contributed by atoms with Crippen LogP contribution in [0.25, 0.3) is 0 Å². The van der Waals surface area contributed by atoms with Crippen LogP contribution in [0.1, 0.15) is 11.4 Å². The summed E-state index contributed by atoms with van der Waals surface area (Å²) >= 11 is 3.40. The van der Waals surface area contributed by atoms with Crippen molar-refractivity contribution in [2.24, 2.45) is 0 Å². The molecule has 0 atom stereocenters. The number of halogens is 1. The highest BCUT2D eigenvalue weighted by molar-refractivity contribution is 9.10. The van der Waals surface area contributed by atoms with Crippen LogP contribution in [0.15, 0.2) is 16.6 Å². The minimum Gasteiger partial charge on any atom is -0.314 e. The van der Waals surface area contributed by atoms with Gasteiger partial charge in [0.2, 0.25) is 0 Å². The Morgan fingerprint density at radius 3 is 2.82 bits per heavy atom. The van der Waals surface area contributed by atoms with Crippen molar-refractivity contribution in [3.8, 4) is 0 Å². The van der Waals surface area contributed by atoms with Crippen molar-refractivity contribution in [2.75, 3.05) is 7.05 Å². The van der Waals surface area contributed by atoms with Gasteiger partial charge in [0.25, 0.3) is 0 Å². The normalized spacial score (nSPS) is 10.1. The van der Waals surface area contributed by atoms with E-state index in [0.29, 0.717) is 0 Å². The van der Waals surface area contributed by atoms with E-state index >= 15 is 0 Å². The molecule has 2 nitrogen and oxygen atoms in total. The van der Waals surface area contributed by atoms with Crippen molar-refractivity contribution >= 4 is 15.9 Å². The topological polar surface area (TPSA) is 24.9 Å². The molecule has 1 rings (SSSR count). The molecule has 0 aliphatic rings. The predicted octanol–water partition coefficient (Wildman–Crippen LogP) is 1.87. The molecule has 3 heteroatoms. The van der Waals surface area contributed by atoms with Crippen molar-refractivity contribution in [3.05, 3.63) is 28.0 Å². The second-order valence-electron chi connectivity index (χ2n) is 2.40. The zero-order chi connectivity index (χ0) is 8.27. The Hall–Kier alpha value is -0.410. The van der Waals surface area contributed by atoms with Gasteiger partial charge >= 0.3 is 0 Å². The van der Waals surface area contributed by atoms with E-state index in [1.165, 1.54) is 0 Å². The van der Waals surface area contributed by atoms with Crippen molar-refractivity contribution in [3.63, 3.8) is 0 Å². The maximum Gasteiger partial charge on any atom is 0.0545 e. The highest BCUT2D eigenvalue weighted by Gasteiger charge is 1.96. The molecule has 0 saturated heterocycles. The van der Waals surface area contributed by atoms with Gasteiger partial charge in [-0.25, -0.2) is 0 Å². The monoisotopic (exact) mass is 214 g/mol. The number of rotatable bonds is 2. The summed E-state index contributed by atoms with van der Waals surface area (Å²) in [6.45, 7) is 2.82. The van der Waals surface area contributed by atoms with Gasteiger partial charge in [0, 0.05) is 11.0 Å². The average molecular weight is 215 g/mol. The first-order valence-corrected chi connectivity index (χ1v) is 4.30. The molecule has 1 N–H and O–H groups in total. The van der Waals surface area contributed by atoms with Gasteiger partial charge in [0.05, 0.1) is 11.4 Å². The Morgan fingerprint density at radius 1 is 1.55 bits per heavy atom. The van der Waals surface area contributed by atoms with Crippen LogP contribution < -0.4 is 5.32 Å². The highest BCUT2D eigenvalue weighted by Crippen LogP contribution is 2.13. The summed E-state index contributed by atoms with van der Waals surface area (Å²) in [5, 5.41) is 3.05. The van der Waals surface area contributed by atoms with Gasteiger partial charge in [0.15, 0.2) is 0 Å². The summed E-state index contributed by atoms with van der Waals surface area (Å²) in [6, 6.07) is 4.03. The molecular formula is C8H11BrN2. The van der Waals surface area contributed by atoms with E-state index in [9.17, 15) is 0 Å². The van der Waals surface area contributed by atoms with E-state index in [0.717, 1.165) is 22.4 Å². The number of hydrogen-bond acceptors (Lipinski definition) is 2. The van der Waals surface area contributed by atoms with Crippen LogP contribution in [0.4, 0.5) is 0 Å². The third kappa shape index (κ3) is 2.27. The van der Waals surface area contributed by atoms with Gasteiger partial charge in [-0.3, -0.25) is 4.98 Å². The molecule has 0 spiro atoms. The first kappa shape index (κ1) is 8.68. The van der Waals surface area contributed by atoms with Gasteiger partial charge < -0.3 is 5.32 Å². The summed E-state index contributed by atoms with van der Waals surface area (Å²) in [4.78, 5) is 4.35. The number of aryl methyl sites for hydroxylation is 1. The van der Waals surface area contributed by atoms with E-state index in [1.807, 2.05) is 26.1 Å². The highest BCUT2D eigenvalue weighted by atomic mass is 79.9. The Kier molecular flexibility index (Phi) is 3.02. The third-order valence-electron chi connectivity index (χ3n) is 1.44. The molecule has 0 unspecified atom stereocenters. The van der Waals surface area contributed by atoms with Gasteiger partial charge in [0.1, 0.15) is 0 Å². The summed E-state index contributed by atoms with van der Waals surface area (Å²) < 4.78 is 1.07. The lowest BCUT2D eigenvalue weighted by atomic mass is 10.3. The van der Waals surface area contributed by atoms with Crippen LogP contribution in [0.2, 0.25) is 0 Å². The number of nitrogens with zero attached hydrogens (tertiary/aromatic N) is 1. The molecule has 0 aromatic carbocycles. The summed E-state index contributed by atoms with van der Waals surface area (Å²) in [5.74, 6) is 0. The zero-order valence-corrected chi connectivity index (χ0v) is 8.27.